The first kappa shape index (κ1) is 11.0. The largest absolute Gasteiger partial charge is 0.391 e. The van der Waals surface area contributed by atoms with Gasteiger partial charge in [0.05, 0.1) is 17.7 Å². The molecule has 2 radical (unpaired) electrons. The molecular formula is C12H13BN2O. The summed E-state index contributed by atoms with van der Waals surface area (Å²) in [7, 11) is 5.74. The summed E-state index contributed by atoms with van der Waals surface area (Å²) < 4.78 is 0. The monoisotopic (exact) mass is 212 g/mol. The summed E-state index contributed by atoms with van der Waals surface area (Å²) >= 11 is 0. The Morgan fingerprint density at radius 2 is 2.25 bits per heavy atom. The first-order chi connectivity index (χ1) is 7.69. The van der Waals surface area contributed by atoms with Crippen LogP contribution in [0.2, 0.25) is 0 Å². The molecule has 0 amide bonds. The molecule has 1 aromatic rings. The maximum absolute atomic E-state index is 9.60. The molecule has 1 aromatic carbocycles. The van der Waals surface area contributed by atoms with Gasteiger partial charge in [-0.2, -0.15) is 5.26 Å². The first-order valence-corrected chi connectivity index (χ1v) is 5.43. The zero-order valence-corrected chi connectivity index (χ0v) is 9.06. The Morgan fingerprint density at radius 3 is 2.94 bits per heavy atom. The lowest BCUT2D eigenvalue weighted by Crippen LogP contribution is -2.38. The van der Waals surface area contributed by atoms with Crippen molar-refractivity contribution in [1.29, 1.82) is 5.26 Å². The molecule has 3 nitrogen and oxygen atoms in total. The van der Waals surface area contributed by atoms with Crippen molar-refractivity contribution in [2.24, 2.45) is 0 Å². The van der Waals surface area contributed by atoms with Gasteiger partial charge in [-0.1, -0.05) is 11.5 Å². The number of benzene rings is 1. The fraction of sp³-hybridized carbons (Fsp3) is 0.417. The first-order valence-electron chi connectivity index (χ1n) is 5.43. The standard InChI is InChI=1S/C12H13BN2O/c13-10-4-9(7-14)5-11(6-10)15-3-1-2-12(16)8-15/h4-6,12,16H,1-3,8H2. The molecule has 0 aromatic heterocycles. The number of aliphatic hydroxyl groups is 1. The maximum Gasteiger partial charge on any atom is 0.113 e. The number of anilines is 1. The molecule has 2 rings (SSSR count). The molecule has 1 saturated heterocycles. The summed E-state index contributed by atoms with van der Waals surface area (Å²) in [6, 6.07) is 7.41. The van der Waals surface area contributed by atoms with Crippen molar-refractivity contribution in [2.45, 2.75) is 18.9 Å². The number of piperidine rings is 1. The molecule has 4 heteroatoms. The fourth-order valence-electron chi connectivity index (χ4n) is 2.07. The highest BCUT2D eigenvalue weighted by molar-refractivity contribution is 6.32. The minimum atomic E-state index is -0.277. The summed E-state index contributed by atoms with van der Waals surface area (Å²) in [5, 5.41) is 18.5. The zero-order valence-electron chi connectivity index (χ0n) is 9.06. The summed E-state index contributed by atoms with van der Waals surface area (Å²) in [4.78, 5) is 2.07. The summed E-state index contributed by atoms with van der Waals surface area (Å²) in [6.07, 6.45) is 1.54. The second kappa shape index (κ2) is 4.59. The Bertz CT molecular complexity index is 428. The van der Waals surface area contributed by atoms with E-state index in [1.54, 1.807) is 6.07 Å². The third-order valence-corrected chi connectivity index (χ3v) is 2.83. The second-order valence-corrected chi connectivity index (χ2v) is 4.17. The summed E-state index contributed by atoms with van der Waals surface area (Å²) in [5.74, 6) is 0. The van der Waals surface area contributed by atoms with Gasteiger partial charge in [0.15, 0.2) is 0 Å². The van der Waals surface area contributed by atoms with Gasteiger partial charge in [-0.05, 0) is 25.0 Å². The van der Waals surface area contributed by atoms with Crippen molar-refractivity contribution < 1.29 is 5.11 Å². The van der Waals surface area contributed by atoms with Crippen LogP contribution in [0.5, 0.6) is 0 Å². The Kier molecular flexibility index (Phi) is 3.16. The van der Waals surface area contributed by atoms with Gasteiger partial charge in [0.2, 0.25) is 0 Å². The molecule has 0 saturated carbocycles. The van der Waals surface area contributed by atoms with Crippen molar-refractivity contribution >= 4 is 19.0 Å². The number of hydrogen-bond donors (Lipinski definition) is 1. The molecule has 0 aliphatic carbocycles. The van der Waals surface area contributed by atoms with E-state index in [-0.39, 0.29) is 6.10 Å². The SMILES string of the molecule is [B]c1cc(C#N)cc(N2CCCC(O)C2)c1. The van der Waals surface area contributed by atoms with Gasteiger partial charge in [0.1, 0.15) is 7.85 Å². The number of β-amino-alcohol motifs (C(OH)–C–C–N with tert-alkyl or cyclic N) is 1. The maximum atomic E-state index is 9.60. The summed E-state index contributed by atoms with van der Waals surface area (Å²) in [5.41, 5.74) is 2.08. The molecule has 0 bridgehead atoms. The van der Waals surface area contributed by atoms with Crippen LogP contribution in [-0.4, -0.2) is 32.1 Å². The van der Waals surface area contributed by atoms with E-state index in [0.29, 0.717) is 17.6 Å². The number of aliphatic hydroxyl groups excluding tert-OH is 1. The van der Waals surface area contributed by atoms with Crippen molar-refractivity contribution in [1.82, 2.24) is 0 Å². The van der Waals surface area contributed by atoms with Crippen molar-refractivity contribution in [3.05, 3.63) is 23.8 Å². The minimum Gasteiger partial charge on any atom is -0.391 e. The normalized spacial score (nSPS) is 20.5. The smallest absolute Gasteiger partial charge is 0.113 e. The van der Waals surface area contributed by atoms with E-state index in [0.717, 1.165) is 25.1 Å². The Labute approximate surface area is 96.7 Å². The number of hydrogen-bond acceptors (Lipinski definition) is 3. The van der Waals surface area contributed by atoms with Gasteiger partial charge >= 0.3 is 0 Å². The van der Waals surface area contributed by atoms with E-state index in [4.69, 9.17) is 13.1 Å². The molecule has 1 N–H and O–H groups in total. The van der Waals surface area contributed by atoms with E-state index < -0.39 is 0 Å². The topological polar surface area (TPSA) is 47.3 Å². The highest BCUT2D eigenvalue weighted by Gasteiger charge is 2.18. The lowest BCUT2D eigenvalue weighted by atomic mass is 9.93. The lowest BCUT2D eigenvalue weighted by Gasteiger charge is -2.32. The van der Waals surface area contributed by atoms with Crippen LogP contribution >= 0.6 is 0 Å². The van der Waals surface area contributed by atoms with Gasteiger partial charge < -0.3 is 10.0 Å². The average molecular weight is 212 g/mol. The van der Waals surface area contributed by atoms with Gasteiger partial charge in [-0.3, -0.25) is 0 Å². The van der Waals surface area contributed by atoms with Crippen LogP contribution in [0.3, 0.4) is 0 Å². The highest BCUT2D eigenvalue weighted by Crippen LogP contribution is 2.19. The van der Waals surface area contributed by atoms with E-state index >= 15 is 0 Å². The third kappa shape index (κ3) is 2.37. The van der Waals surface area contributed by atoms with Crippen LogP contribution in [0, 0.1) is 11.3 Å². The molecule has 1 heterocycles. The molecule has 1 fully saturated rings. The van der Waals surface area contributed by atoms with E-state index in [9.17, 15) is 5.11 Å². The molecular weight excluding hydrogens is 199 g/mol. The molecule has 16 heavy (non-hydrogen) atoms. The van der Waals surface area contributed by atoms with Gasteiger partial charge in [-0.25, -0.2) is 0 Å². The molecule has 1 aliphatic heterocycles. The molecule has 1 aliphatic rings. The van der Waals surface area contributed by atoms with Crippen LogP contribution in [0.4, 0.5) is 5.69 Å². The molecule has 1 unspecified atom stereocenters. The predicted octanol–water partition coefficient (Wildman–Crippen LogP) is 0.313. The molecule has 1 atom stereocenters. The van der Waals surface area contributed by atoms with Crippen LogP contribution in [0.25, 0.3) is 0 Å². The van der Waals surface area contributed by atoms with Crippen LogP contribution in [-0.2, 0) is 0 Å². The van der Waals surface area contributed by atoms with Crippen molar-refractivity contribution in [2.75, 3.05) is 18.0 Å². The Balaban J connectivity index is 2.26. The lowest BCUT2D eigenvalue weighted by molar-refractivity contribution is 0.154. The number of rotatable bonds is 1. The van der Waals surface area contributed by atoms with Gasteiger partial charge in [0.25, 0.3) is 0 Å². The van der Waals surface area contributed by atoms with E-state index in [1.807, 2.05) is 12.1 Å². The second-order valence-electron chi connectivity index (χ2n) is 4.17. The van der Waals surface area contributed by atoms with Crippen LogP contribution < -0.4 is 10.4 Å². The van der Waals surface area contributed by atoms with E-state index in [1.165, 1.54) is 0 Å². The van der Waals surface area contributed by atoms with Crippen LogP contribution in [0.15, 0.2) is 18.2 Å². The fourth-order valence-corrected chi connectivity index (χ4v) is 2.07. The highest BCUT2D eigenvalue weighted by atomic mass is 16.3. The zero-order chi connectivity index (χ0) is 11.5. The molecule has 0 spiro atoms. The average Bonchev–Trinajstić information content (AvgIpc) is 2.28. The quantitative estimate of drug-likeness (QED) is 0.681. The van der Waals surface area contributed by atoms with Crippen molar-refractivity contribution in [3.8, 4) is 6.07 Å². The van der Waals surface area contributed by atoms with Crippen LogP contribution in [0.1, 0.15) is 18.4 Å². The third-order valence-electron chi connectivity index (χ3n) is 2.83. The van der Waals surface area contributed by atoms with Crippen molar-refractivity contribution in [3.63, 3.8) is 0 Å². The number of nitrogens with zero attached hydrogens (tertiary/aromatic N) is 2. The summed E-state index contributed by atoms with van der Waals surface area (Å²) in [6.45, 7) is 1.53. The molecule has 80 valence electrons. The minimum absolute atomic E-state index is 0.277. The van der Waals surface area contributed by atoms with Gasteiger partial charge in [-0.15, -0.1) is 0 Å². The number of nitriles is 1. The van der Waals surface area contributed by atoms with E-state index in [2.05, 4.69) is 11.0 Å². The Hall–Kier alpha value is -1.47. The Morgan fingerprint density at radius 1 is 1.44 bits per heavy atom. The van der Waals surface area contributed by atoms with Gasteiger partial charge in [0, 0.05) is 18.8 Å². The predicted molar refractivity (Wildman–Crippen MR) is 64.0 cm³/mol.